The van der Waals surface area contributed by atoms with Gasteiger partial charge >= 0.3 is 0 Å². The van der Waals surface area contributed by atoms with Crippen LogP contribution in [0.2, 0.25) is 0 Å². The molecular weight excluding hydrogens is 534 g/mol. The first-order chi connectivity index (χ1) is 21.7. The molecule has 7 aromatic carbocycles. The number of aromatic nitrogens is 1. The summed E-state index contributed by atoms with van der Waals surface area (Å²) in [5, 5.41) is 26.9. The smallest absolute Gasteiger partial charge is 0.0991 e. The van der Waals surface area contributed by atoms with Gasteiger partial charge in [0.15, 0.2) is 0 Å². The minimum absolute atomic E-state index is 0.632. The lowest BCUT2D eigenvalue weighted by Gasteiger charge is -2.19. The molecule has 1 heterocycles. The van der Waals surface area contributed by atoms with Crippen LogP contribution in [-0.4, -0.2) is 4.98 Å². The number of hydrogen-bond acceptors (Lipinski definition) is 3. The third-order valence-corrected chi connectivity index (χ3v) is 8.56. The molecule has 8 aromatic rings. The van der Waals surface area contributed by atoms with Crippen molar-refractivity contribution >= 4 is 43.2 Å². The molecule has 0 radical (unpaired) electrons. The Morgan fingerprint density at radius 3 is 1.68 bits per heavy atom. The number of pyridine rings is 1. The fourth-order valence-corrected chi connectivity index (χ4v) is 6.55. The van der Waals surface area contributed by atoms with Gasteiger partial charge in [0.1, 0.15) is 0 Å². The van der Waals surface area contributed by atoms with Gasteiger partial charge in [0.05, 0.1) is 28.8 Å². The summed E-state index contributed by atoms with van der Waals surface area (Å²) in [4.78, 5) is 4.80. The molecule has 3 heteroatoms. The first-order valence-electron chi connectivity index (χ1n) is 14.5. The molecule has 0 saturated heterocycles. The zero-order chi connectivity index (χ0) is 29.6. The van der Waals surface area contributed by atoms with Crippen LogP contribution in [0.1, 0.15) is 11.1 Å². The Kier molecular flexibility index (Phi) is 5.90. The van der Waals surface area contributed by atoms with E-state index in [1.807, 2.05) is 60.8 Å². The van der Waals surface area contributed by atoms with E-state index in [2.05, 4.69) is 91.0 Å². The number of benzene rings is 7. The summed E-state index contributed by atoms with van der Waals surface area (Å²) in [6.45, 7) is 0. The lowest BCUT2D eigenvalue weighted by atomic mass is 9.84. The first kappa shape index (κ1) is 25.4. The number of nitriles is 2. The Labute approximate surface area is 254 Å². The van der Waals surface area contributed by atoms with Gasteiger partial charge in [-0.3, -0.25) is 4.98 Å². The molecule has 202 valence electrons. The number of fused-ring (bicyclic) bond motifs is 5. The molecule has 0 atom stereocenters. The van der Waals surface area contributed by atoms with Crippen LogP contribution in [0.5, 0.6) is 0 Å². The third kappa shape index (κ3) is 4.00. The molecule has 0 bridgehead atoms. The largest absolute Gasteiger partial charge is 0.256 e. The van der Waals surface area contributed by atoms with E-state index in [-0.39, 0.29) is 0 Å². The van der Waals surface area contributed by atoms with Crippen molar-refractivity contribution in [3.63, 3.8) is 0 Å². The van der Waals surface area contributed by atoms with E-state index in [4.69, 9.17) is 4.98 Å². The normalized spacial score (nSPS) is 11.1. The van der Waals surface area contributed by atoms with E-state index in [9.17, 15) is 10.5 Å². The van der Waals surface area contributed by atoms with E-state index in [0.717, 1.165) is 76.6 Å². The van der Waals surface area contributed by atoms with Gasteiger partial charge in [-0.15, -0.1) is 0 Å². The van der Waals surface area contributed by atoms with Crippen LogP contribution in [0.4, 0.5) is 0 Å². The molecule has 0 saturated carbocycles. The molecule has 0 spiro atoms. The Morgan fingerprint density at radius 1 is 0.455 bits per heavy atom. The molecule has 44 heavy (non-hydrogen) atoms. The maximum absolute atomic E-state index is 9.49. The Bertz CT molecular complexity index is 2490. The van der Waals surface area contributed by atoms with Crippen molar-refractivity contribution in [3.05, 3.63) is 151 Å². The van der Waals surface area contributed by atoms with Gasteiger partial charge in [-0.1, -0.05) is 97.1 Å². The number of nitrogens with zero attached hydrogens (tertiary/aromatic N) is 3. The van der Waals surface area contributed by atoms with Crippen molar-refractivity contribution in [2.45, 2.75) is 0 Å². The van der Waals surface area contributed by atoms with Gasteiger partial charge < -0.3 is 0 Å². The summed E-state index contributed by atoms with van der Waals surface area (Å²) in [5.74, 6) is 0. The average Bonchev–Trinajstić information content (AvgIpc) is 3.10. The SMILES string of the molecule is N#Cc1ccc(-c2c3ccccc3c(-c3ccc(C#N)cc3)c3cc(-c4cccc5ccc6cccnc6c45)ccc23)cc1. The summed E-state index contributed by atoms with van der Waals surface area (Å²) in [6, 6.07) is 50.3. The Hall–Kier alpha value is -6.29. The molecule has 3 nitrogen and oxygen atoms in total. The van der Waals surface area contributed by atoms with Crippen molar-refractivity contribution in [1.29, 1.82) is 10.5 Å². The Morgan fingerprint density at radius 2 is 1.02 bits per heavy atom. The number of hydrogen-bond donors (Lipinski definition) is 0. The standard InChI is InChI=1S/C41H23N3/c42-24-26-10-14-29(15-11-26)38-34-7-1-2-8-35(34)39(30-16-12-27(25-43)13-17-30)37-23-32(20-21-36(37)38)33-9-3-5-28-18-19-31-6-4-22-44-41(31)40(28)33/h1-23H. The second-order valence-electron chi connectivity index (χ2n) is 11.0. The Balaban J connectivity index is 1.50. The summed E-state index contributed by atoms with van der Waals surface area (Å²) < 4.78 is 0. The van der Waals surface area contributed by atoms with Crippen molar-refractivity contribution in [2.75, 3.05) is 0 Å². The van der Waals surface area contributed by atoms with Crippen molar-refractivity contribution < 1.29 is 0 Å². The fourth-order valence-electron chi connectivity index (χ4n) is 6.55. The van der Waals surface area contributed by atoms with Crippen LogP contribution in [0.3, 0.4) is 0 Å². The second-order valence-corrected chi connectivity index (χ2v) is 11.0. The lowest BCUT2D eigenvalue weighted by molar-refractivity contribution is 1.43. The van der Waals surface area contributed by atoms with Gasteiger partial charge in [-0.2, -0.15) is 10.5 Å². The molecule has 8 rings (SSSR count). The van der Waals surface area contributed by atoms with Gasteiger partial charge in [0.25, 0.3) is 0 Å². The molecule has 0 amide bonds. The fraction of sp³-hybridized carbons (Fsp3) is 0. The minimum Gasteiger partial charge on any atom is -0.256 e. The highest BCUT2D eigenvalue weighted by Gasteiger charge is 2.18. The summed E-state index contributed by atoms with van der Waals surface area (Å²) in [5.41, 5.74) is 8.87. The molecule has 0 aliphatic carbocycles. The highest BCUT2D eigenvalue weighted by atomic mass is 14.6. The van der Waals surface area contributed by atoms with Gasteiger partial charge in [0, 0.05) is 17.0 Å². The van der Waals surface area contributed by atoms with Crippen LogP contribution in [-0.2, 0) is 0 Å². The van der Waals surface area contributed by atoms with Crippen LogP contribution in [0.15, 0.2) is 140 Å². The zero-order valence-corrected chi connectivity index (χ0v) is 23.6. The van der Waals surface area contributed by atoms with Crippen LogP contribution in [0.25, 0.3) is 76.6 Å². The zero-order valence-electron chi connectivity index (χ0n) is 23.6. The van der Waals surface area contributed by atoms with Crippen LogP contribution >= 0.6 is 0 Å². The minimum atomic E-state index is 0.632. The van der Waals surface area contributed by atoms with Crippen molar-refractivity contribution in [3.8, 4) is 45.5 Å². The summed E-state index contributed by atoms with van der Waals surface area (Å²) in [7, 11) is 0. The van der Waals surface area contributed by atoms with E-state index < -0.39 is 0 Å². The molecule has 1 aromatic heterocycles. The molecule has 0 unspecified atom stereocenters. The van der Waals surface area contributed by atoms with Crippen molar-refractivity contribution in [1.82, 2.24) is 4.98 Å². The lowest BCUT2D eigenvalue weighted by Crippen LogP contribution is -1.92. The van der Waals surface area contributed by atoms with E-state index in [0.29, 0.717) is 11.1 Å². The van der Waals surface area contributed by atoms with E-state index in [1.165, 1.54) is 0 Å². The molecular formula is C41H23N3. The molecule has 0 aliphatic rings. The van der Waals surface area contributed by atoms with Gasteiger partial charge in [0.2, 0.25) is 0 Å². The first-order valence-corrected chi connectivity index (χ1v) is 14.5. The van der Waals surface area contributed by atoms with Crippen LogP contribution in [0, 0.1) is 22.7 Å². The van der Waals surface area contributed by atoms with Crippen LogP contribution < -0.4 is 0 Å². The number of rotatable bonds is 3. The summed E-state index contributed by atoms with van der Waals surface area (Å²) in [6.07, 6.45) is 1.86. The van der Waals surface area contributed by atoms with E-state index in [1.54, 1.807) is 0 Å². The predicted molar refractivity (Wildman–Crippen MR) is 180 cm³/mol. The van der Waals surface area contributed by atoms with Gasteiger partial charge in [-0.05, 0) is 96.7 Å². The second kappa shape index (κ2) is 10.2. The quantitative estimate of drug-likeness (QED) is 0.160. The maximum Gasteiger partial charge on any atom is 0.0991 e. The molecule has 0 fully saturated rings. The van der Waals surface area contributed by atoms with Gasteiger partial charge in [-0.25, -0.2) is 0 Å². The molecule has 0 aliphatic heterocycles. The van der Waals surface area contributed by atoms with Crippen molar-refractivity contribution in [2.24, 2.45) is 0 Å². The average molecular weight is 558 g/mol. The third-order valence-electron chi connectivity index (χ3n) is 8.56. The monoisotopic (exact) mass is 557 g/mol. The topological polar surface area (TPSA) is 60.5 Å². The predicted octanol–water partition coefficient (Wildman–Crippen LogP) is 10.4. The highest BCUT2D eigenvalue weighted by Crippen LogP contribution is 2.45. The summed E-state index contributed by atoms with van der Waals surface area (Å²) >= 11 is 0. The van der Waals surface area contributed by atoms with E-state index >= 15 is 0 Å². The molecule has 0 N–H and O–H groups in total. The maximum atomic E-state index is 9.49. The highest BCUT2D eigenvalue weighted by molar-refractivity contribution is 6.22.